The normalized spacial score (nSPS) is 33.0. The molecule has 0 N–H and O–H groups in total. The molecule has 1 aliphatic heterocycles. The van der Waals surface area contributed by atoms with Crippen LogP contribution in [0.25, 0.3) is 0 Å². The molecule has 0 aromatic rings. The molecule has 0 spiro atoms. The summed E-state index contributed by atoms with van der Waals surface area (Å²) in [6.45, 7) is 4.09. The van der Waals surface area contributed by atoms with Crippen molar-refractivity contribution in [3.8, 4) is 0 Å². The van der Waals surface area contributed by atoms with Crippen molar-refractivity contribution in [2.24, 2.45) is 11.8 Å². The summed E-state index contributed by atoms with van der Waals surface area (Å²) in [6.07, 6.45) is 1.28. The molecule has 1 rings (SSSR count). The Hall–Kier alpha value is -0.310. The molecule has 0 unspecified atom stereocenters. The maximum Gasteiger partial charge on any atom is 0.133 e. The molecule has 0 aromatic heterocycles. The van der Waals surface area contributed by atoms with Gasteiger partial charge in [-0.15, -0.1) is 0 Å². The Kier molecular flexibility index (Phi) is 3.17. The lowest BCUT2D eigenvalue weighted by atomic mass is 9.99. The molecule has 1 fully saturated rings. The van der Waals surface area contributed by atoms with E-state index in [9.17, 15) is 9.00 Å². The van der Waals surface area contributed by atoms with Crippen molar-refractivity contribution in [1.29, 1.82) is 0 Å². The lowest BCUT2D eigenvalue weighted by Gasteiger charge is -2.29. The van der Waals surface area contributed by atoms with E-state index in [2.05, 4.69) is 5.87 Å². The minimum Gasteiger partial charge on any atom is -0.300 e. The summed E-state index contributed by atoms with van der Waals surface area (Å²) in [7, 11) is -1.76. The fourth-order valence-electron chi connectivity index (χ4n) is 1.79. The monoisotopic (exact) mass is 202 g/mol. The summed E-state index contributed by atoms with van der Waals surface area (Å²) in [5.41, 5.74) is 0. The first kappa shape index (κ1) is 10.8. The zero-order chi connectivity index (χ0) is 10.1. The topological polar surface area (TPSA) is 34.1 Å². The minimum absolute atomic E-state index is 0.315. The molecule has 0 aromatic carbocycles. The first-order valence-corrected chi connectivity index (χ1v) is 6.80. The van der Waals surface area contributed by atoms with Gasteiger partial charge in [0.25, 0.3) is 0 Å². The Morgan fingerprint density at radius 1 is 1.54 bits per heavy atom. The molecule has 2 nitrogen and oxygen atoms in total. The highest BCUT2D eigenvalue weighted by Gasteiger charge is 2.29. The molecule has 13 heavy (non-hydrogen) atoms. The molecule has 76 valence electrons. The van der Waals surface area contributed by atoms with Crippen LogP contribution < -0.4 is 0 Å². The Bertz CT molecular complexity index is 276. The lowest BCUT2D eigenvalue weighted by Crippen LogP contribution is -2.37. The van der Waals surface area contributed by atoms with Gasteiger partial charge in [0.15, 0.2) is 0 Å². The Morgan fingerprint density at radius 2 is 2.08 bits per heavy atom. The van der Waals surface area contributed by atoms with Gasteiger partial charge in [0, 0.05) is 24.3 Å². The molecule has 1 heterocycles. The van der Waals surface area contributed by atoms with E-state index in [4.69, 9.17) is 0 Å². The lowest BCUT2D eigenvalue weighted by molar-refractivity contribution is -0.120. The van der Waals surface area contributed by atoms with E-state index < -0.39 is 9.52 Å². The molecular weight excluding hydrogens is 184 g/mol. The summed E-state index contributed by atoms with van der Waals surface area (Å²) in [5, 5.41) is 0. The van der Waals surface area contributed by atoms with Gasteiger partial charge in [-0.3, -0.25) is 9.00 Å². The van der Waals surface area contributed by atoms with Crippen LogP contribution in [0.15, 0.2) is 0 Å². The molecule has 0 bridgehead atoms. The van der Waals surface area contributed by atoms with Gasteiger partial charge in [-0.2, -0.15) is 0 Å². The molecule has 1 saturated heterocycles. The molecule has 0 radical (unpaired) electrons. The Morgan fingerprint density at radius 3 is 2.46 bits per heavy atom. The summed E-state index contributed by atoms with van der Waals surface area (Å²) in [4.78, 5) is 11.4. The maximum absolute atomic E-state index is 11.4. The first-order chi connectivity index (χ1) is 5.89. The van der Waals surface area contributed by atoms with Gasteiger partial charge in [0.05, 0.1) is 0 Å². The fraction of sp³-hybridized carbons (Fsp3) is 0.800. The van der Waals surface area contributed by atoms with Gasteiger partial charge in [-0.25, -0.2) is 0 Å². The summed E-state index contributed by atoms with van der Waals surface area (Å²) in [5.74, 6) is 6.05. The first-order valence-electron chi connectivity index (χ1n) is 4.73. The molecule has 0 atom stereocenters. The minimum atomic E-state index is -1.76. The van der Waals surface area contributed by atoms with E-state index in [0.717, 1.165) is 0 Å². The largest absolute Gasteiger partial charge is 0.300 e. The van der Waals surface area contributed by atoms with Crippen molar-refractivity contribution in [3.05, 3.63) is 0 Å². The van der Waals surface area contributed by atoms with Gasteiger partial charge in [0.1, 0.15) is 5.78 Å². The average molecular weight is 202 g/mol. The number of hydrogen-bond donors (Lipinski definition) is 0. The number of rotatable bonds is 4. The third kappa shape index (κ3) is 3.51. The highest BCUT2D eigenvalue weighted by Crippen LogP contribution is 2.22. The number of carbonyl (C=O) groups is 1. The number of Topliss-reactive ketones (excluding diaryl/α,β-unsaturated/α-hetero) is 1. The van der Waals surface area contributed by atoms with Crippen LogP contribution in [0.4, 0.5) is 0 Å². The van der Waals surface area contributed by atoms with Crippen LogP contribution in [0.3, 0.4) is 0 Å². The number of ketones is 1. The van der Waals surface area contributed by atoms with Crippen LogP contribution in [-0.4, -0.2) is 27.4 Å². The third-order valence-electron chi connectivity index (χ3n) is 2.23. The Labute approximate surface area is 80.7 Å². The quantitative estimate of drug-likeness (QED) is 0.645. The fourth-order valence-corrected chi connectivity index (χ4v) is 3.65. The van der Waals surface area contributed by atoms with E-state index >= 15 is 0 Å². The van der Waals surface area contributed by atoms with E-state index in [-0.39, 0.29) is 0 Å². The molecule has 1 aliphatic rings. The molecule has 3 heteroatoms. The second kappa shape index (κ2) is 3.82. The second-order valence-electron chi connectivity index (χ2n) is 4.51. The van der Waals surface area contributed by atoms with Crippen molar-refractivity contribution < 1.29 is 9.00 Å². The number of carbonyl (C=O) groups excluding carboxylic acids is 1. The summed E-state index contributed by atoms with van der Waals surface area (Å²) < 4.78 is 11.2. The maximum atomic E-state index is 11.4. The predicted octanol–water partition coefficient (Wildman–Crippen LogP) is 1.34. The highest BCUT2D eigenvalue weighted by atomic mass is 32.2. The average Bonchev–Trinajstić information content (AvgIpc) is 1.79. The van der Waals surface area contributed by atoms with Crippen LogP contribution in [0.5, 0.6) is 0 Å². The van der Waals surface area contributed by atoms with Crippen LogP contribution in [0, 0.1) is 11.8 Å². The van der Waals surface area contributed by atoms with E-state index in [1.807, 2.05) is 13.8 Å². The smallest absolute Gasteiger partial charge is 0.133 e. The van der Waals surface area contributed by atoms with E-state index in [1.54, 1.807) is 0 Å². The molecule has 0 saturated carbocycles. The van der Waals surface area contributed by atoms with E-state index in [1.165, 1.54) is 0 Å². The van der Waals surface area contributed by atoms with Crippen LogP contribution in [0.2, 0.25) is 0 Å². The van der Waals surface area contributed by atoms with Crippen LogP contribution in [-0.2, 0) is 14.3 Å². The predicted molar refractivity (Wildman–Crippen MR) is 57.6 cm³/mol. The number of hydrogen-bond acceptors (Lipinski definition) is 2. The van der Waals surface area contributed by atoms with Gasteiger partial charge in [-0.05, 0) is 27.2 Å². The van der Waals surface area contributed by atoms with Crippen molar-refractivity contribution in [3.63, 3.8) is 0 Å². The second-order valence-corrected chi connectivity index (χ2v) is 7.10. The highest BCUT2D eigenvalue weighted by molar-refractivity contribution is 8.01. The summed E-state index contributed by atoms with van der Waals surface area (Å²) in [6, 6.07) is 0. The molecule has 0 aliphatic carbocycles. The zero-order valence-corrected chi connectivity index (χ0v) is 9.23. The van der Waals surface area contributed by atoms with Gasteiger partial charge in [0.2, 0.25) is 0 Å². The van der Waals surface area contributed by atoms with E-state index in [0.29, 0.717) is 42.0 Å². The SMILES string of the molecule is C=S1(=O)CC(CC(=O)CC(C)C)C1. The van der Waals surface area contributed by atoms with Gasteiger partial charge >= 0.3 is 0 Å². The van der Waals surface area contributed by atoms with Crippen molar-refractivity contribution in [1.82, 2.24) is 0 Å². The van der Waals surface area contributed by atoms with Crippen molar-refractivity contribution in [2.45, 2.75) is 26.7 Å². The molecule has 0 amide bonds. The molecular formula is C10H18O2S. The van der Waals surface area contributed by atoms with Crippen LogP contribution >= 0.6 is 0 Å². The third-order valence-corrected chi connectivity index (χ3v) is 4.39. The van der Waals surface area contributed by atoms with Gasteiger partial charge < -0.3 is 0 Å². The van der Waals surface area contributed by atoms with Gasteiger partial charge in [-0.1, -0.05) is 13.8 Å². The van der Waals surface area contributed by atoms with Crippen molar-refractivity contribution in [2.75, 3.05) is 11.5 Å². The standard InChI is InChI=1S/C10H18O2S/c1-8(2)4-10(11)5-9-6-13(3,12)7-9/h8-9H,3-7H2,1-2H3. The van der Waals surface area contributed by atoms with Crippen molar-refractivity contribution >= 4 is 21.2 Å². The van der Waals surface area contributed by atoms with Crippen LogP contribution in [0.1, 0.15) is 26.7 Å². The zero-order valence-electron chi connectivity index (χ0n) is 8.41. The Balaban J connectivity index is 2.24. The summed E-state index contributed by atoms with van der Waals surface area (Å²) >= 11 is 0.